The van der Waals surface area contributed by atoms with Crippen molar-refractivity contribution in [3.8, 4) is 11.1 Å². The van der Waals surface area contributed by atoms with E-state index in [0.717, 1.165) is 10.7 Å². The maximum Gasteiger partial charge on any atom is 0.433 e. The van der Waals surface area contributed by atoms with Crippen molar-refractivity contribution in [1.82, 2.24) is 14.8 Å². The van der Waals surface area contributed by atoms with Gasteiger partial charge in [-0.05, 0) is 24.1 Å². The van der Waals surface area contributed by atoms with Gasteiger partial charge in [-0.2, -0.15) is 18.3 Å². The highest BCUT2D eigenvalue weighted by atomic mass is 32.1. The molecule has 0 saturated heterocycles. The van der Waals surface area contributed by atoms with E-state index in [1.807, 2.05) is 0 Å². The van der Waals surface area contributed by atoms with Gasteiger partial charge in [-0.25, -0.2) is 9.78 Å². The summed E-state index contributed by atoms with van der Waals surface area (Å²) in [5.41, 5.74) is 4.56. The predicted octanol–water partition coefficient (Wildman–Crippen LogP) is 4.24. The molecule has 0 bridgehead atoms. The molecule has 0 fully saturated rings. The first-order chi connectivity index (χ1) is 17.0. The fourth-order valence-electron chi connectivity index (χ4n) is 3.53. The van der Waals surface area contributed by atoms with Crippen LogP contribution in [0.3, 0.4) is 0 Å². The number of aromatic nitrogens is 3. The zero-order valence-electron chi connectivity index (χ0n) is 18.8. The summed E-state index contributed by atoms with van der Waals surface area (Å²) in [6.07, 6.45) is -4.75. The Kier molecular flexibility index (Phi) is 6.50. The molecule has 0 aliphatic carbocycles. The van der Waals surface area contributed by atoms with Crippen molar-refractivity contribution in [2.24, 2.45) is 12.8 Å². The number of fused-ring (bicyclic) bond motifs is 1. The summed E-state index contributed by atoms with van der Waals surface area (Å²) in [7, 11) is 1.44. The van der Waals surface area contributed by atoms with Crippen LogP contribution in [0.25, 0.3) is 21.3 Å². The number of halogens is 3. The number of hydrogen-bond acceptors (Lipinski definition) is 7. The van der Waals surface area contributed by atoms with Crippen molar-refractivity contribution < 1.29 is 32.3 Å². The van der Waals surface area contributed by atoms with Gasteiger partial charge < -0.3 is 15.8 Å². The van der Waals surface area contributed by atoms with Gasteiger partial charge in [-0.3, -0.25) is 14.3 Å². The molecule has 0 atom stereocenters. The number of benzene rings is 1. The van der Waals surface area contributed by atoms with Crippen LogP contribution < -0.4 is 11.1 Å². The summed E-state index contributed by atoms with van der Waals surface area (Å²) in [5, 5.41) is 6.65. The summed E-state index contributed by atoms with van der Waals surface area (Å²) in [6, 6.07) is 10.2. The molecule has 13 heteroatoms. The topological polar surface area (TPSA) is 129 Å². The first kappa shape index (κ1) is 24.9. The minimum Gasteiger partial charge on any atom is -0.461 e. The first-order valence-electron chi connectivity index (χ1n) is 10.4. The number of rotatable bonds is 6. The van der Waals surface area contributed by atoms with Crippen LogP contribution in [-0.2, 0) is 18.0 Å². The molecular weight excluding hydrogens is 499 g/mol. The summed E-state index contributed by atoms with van der Waals surface area (Å²) in [4.78, 5) is 40.7. The smallest absolute Gasteiger partial charge is 0.433 e. The van der Waals surface area contributed by atoms with E-state index in [1.165, 1.54) is 13.1 Å². The number of nitrogens with two attached hydrogens (primary N) is 1. The fraction of sp³-hybridized carbons (Fsp3) is 0.174. The van der Waals surface area contributed by atoms with Gasteiger partial charge in [0.25, 0.3) is 11.8 Å². The first-order valence-corrected chi connectivity index (χ1v) is 11.2. The van der Waals surface area contributed by atoms with Crippen LogP contribution in [0.15, 0.2) is 42.5 Å². The van der Waals surface area contributed by atoms with Gasteiger partial charge >= 0.3 is 12.1 Å². The molecule has 2 amide bonds. The van der Waals surface area contributed by atoms with Gasteiger partial charge in [-0.1, -0.05) is 30.3 Å². The molecule has 3 N–H and O–H groups in total. The largest absolute Gasteiger partial charge is 0.461 e. The van der Waals surface area contributed by atoms with Crippen molar-refractivity contribution in [3.63, 3.8) is 0 Å². The van der Waals surface area contributed by atoms with Crippen LogP contribution in [-0.4, -0.2) is 39.2 Å². The number of pyridine rings is 1. The van der Waals surface area contributed by atoms with Crippen molar-refractivity contribution in [2.75, 3.05) is 11.9 Å². The van der Waals surface area contributed by atoms with E-state index < -0.39 is 29.7 Å². The number of aryl methyl sites for hydroxylation is 1. The molecule has 36 heavy (non-hydrogen) atoms. The third kappa shape index (κ3) is 4.64. The molecule has 0 spiro atoms. The Hall–Kier alpha value is -4.26. The van der Waals surface area contributed by atoms with E-state index in [1.54, 1.807) is 37.3 Å². The van der Waals surface area contributed by atoms with E-state index in [4.69, 9.17) is 10.5 Å². The average molecular weight is 517 g/mol. The lowest BCUT2D eigenvalue weighted by atomic mass is 10.0. The molecule has 0 radical (unpaired) electrons. The van der Waals surface area contributed by atoms with Gasteiger partial charge in [0.2, 0.25) is 0 Å². The molecule has 4 rings (SSSR count). The number of esters is 1. The van der Waals surface area contributed by atoms with Crippen molar-refractivity contribution >= 4 is 45.0 Å². The number of primary amides is 1. The molecule has 9 nitrogen and oxygen atoms in total. The Morgan fingerprint density at radius 1 is 1.17 bits per heavy atom. The lowest BCUT2D eigenvalue weighted by Gasteiger charge is -2.12. The lowest BCUT2D eigenvalue weighted by molar-refractivity contribution is -0.140. The molecule has 0 aliphatic heterocycles. The highest BCUT2D eigenvalue weighted by Crippen LogP contribution is 2.43. The van der Waals surface area contributed by atoms with E-state index in [0.29, 0.717) is 16.9 Å². The van der Waals surface area contributed by atoms with Crippen molar-refractivity contribution in [2.45, 2.75) is 13.1 Å². The second-order valence-corrected chi connectivity index (χ2v) is 8.48. The summed E-state index contributed by atoms with van der Waals surface area (Å²) >= 11 is 0.628. The molecule has 0 saturated carbocycles. The van der Waals surface area contributed by atoms with E-state index in [2.05, 4.69) is 15.4 Å². The summed E-state index contributed by atoms with van der Waals surface area (Å²) in [5.74, 6) is -2.48. The molecule has 0 unspecified atom stereocenters. The number of nitrogens with zero attached hydrogens (tertiary/aromatic N) is 3. The Morgan fingerprint density at radius 2 is 1.86 bits per heavy atom. The SMILES string of the molecule is CCOC(=O)c1cc(C(=O)Nc2c(C(N)=O)sc3nc(C(F)(F)F)cc(-c4ccccc4)c23)nn1C. The van der Waals surface area contributed by atoms with Gasteiger partial charge in [0.1, 0.15) is 21.1 Å². The number of thiophene rings is 1. The minimum absolute atomic E-state index is 0.00811. The fourth-order valence-corrected chi connectivity index (χ4v) is 4.54. The molecule has 3 aromatic heterocycles. The number of carbonyl (C=O) groups excluding carboxylic acids is 3. The maximum atomic E-state index is 13.6. The van der Waals surface area contributed by atoms with Crippen molar-refractivity contribution in [1.29, 1.82) is 0 Å². The number of amides is 2. The Morgan fingerprint density at radius 3 is 2.47 bits per heavy atom. The van der Waals surface area contributed by atoms with Gasteiger partial charge in [0, 0.05) is 18.5 Å². The molecular formula is C23H18F3N5O4S. The summed E-state index contributed by atoms with van der Waals surface area (Å²) in [6.45, 7) is 1.74. The monoisotopic (exact) mass is 517 g/mol. The number of hydrogen-bond donors (Lipinski definition) is 2. The number of carbonyl (C=O) groups is 3. The number of nitrogens with one attached hydrogen (secondary N) is 1. The zero-order chi connectivity index (χ0) is 26.2. The quantitative estimate of drug-likeness (QED) is 0.368. The second kappa shape index (κ2) is 9.41. The van der Waals surface area contributed by atoms with Crippen LogP contribution >= 0.6 is 11.3 Å². The molecule has 4 aromatic rings. The highest BCUT2D eigenvalue weighted by molar-refractivity contribution is 7.21. The van der Waals surface area contributed by atoms with Crippen molar-refractivity contribution in [3.05, 3.63) is 64.4 Å². The van der Waals surface area contributed by atoms with Crippen LogP contribution in [0.5, 0.6) is 0 Å². The molecule has 1 aromatic carbocycles. The lowest BCUT2D eigenvalue weighted by Crippen LogP contribution is -2.17. The van der Waals surface area contributed by atoms with Crippen LogP contribution in [0.1, 0.15) is 43.3 Å². The normalized spacial score (nSPS) is 11.5. The summed E-state index contributed by atoms with van der Waals surface area (Å²) < 4.78 is 46.9. The predicted molar refractivity (Wildman–Crippen MR) is 126 cm³/mol. The number of ether oxygens (including phenoxy) is 1. The third-order valence-corrected chi connectivity index (χ3v) is 6.19. The Balaban J connectivity index is 1.89. The Labute approximate surface area is 205 Å². The van der Waals surface area contributed by atoms with E-state index >= 15 is 0 Å². The number of anilines is 1. The third-order valence-electron chi connectivity index (χ3n) is 5.10. The van der Waals surface area contributed by atoms with Crippen LogP contribution in [0, 0.1) is 0 Å². The van der Waals surface area contributed by atoms with E-state index in [9.17, 15) is 27.6 Å². The zero-order valence-corrected chi connectivity index (χ0v) is 19.7. The minimum atomic E-state index is -4.75. The highest BCUT2D eigenvalue weighted by Gasteiger charge is 2.35. The van der Waals surface area contributed by atoms with Crippen LogP contribution in [0.2, 0.25) is 0 Å². The standard InChI is InChI=1S/C23H18F3N5O4S/c1-3-35-22(34)14-10-13(30-31(14)2)20(33)29-17-16-12(11-7-5-4-6-8-11)9-15(23(24,25)26)28-21(16)36-18(17)19(27)32/h4-10H,3H2,1-2H3,(H2,27,32)(H,29,33). The Bertz CT molecular complexity index is 1500. The molecule has 3 heterocycles. The maximum absolute atomic E-state index is 13.6. The van der Waals surface area contributed by atoms with Gasteiger partial charge in [0.05, 0.1) is 12.3 Å². The van der Waals surface area contributed by atoms with E-state index in [-0.39, 0.29) is 44.3 Å². The molecule has 0 aliphatic rings. The average Bonchev–Trinajstić information content (AvgIpc) is 3.39. The van der Waals surface area contributed by atoms with Crippen LogP contribution in [0.4, 0.5) is 18.9 Å². The number of alkyl halides is 3. The van der Waals surface area contributed by atoms with Gasteiger partial charge in [-0.15, -0.1) is 11.3 Å². The van der Waals surface area contributed by atoms with Gasteiger partial charge in [0.15, 0.2) is 5.69 Å². The molecule has 186 valence electrons. The second-order valence-electron chi connectivity index (χ2n) is 7.48.